The van der Waals surface area contributed by atoms with Gasteiger partial charge in [-0.3, -0.25) is 4.79 Å². The van der Waals surface area contributed by atoms with Crippen LogP contribution < -0.4 is 16.2 Å². The molecule has 0 aliphatic rings. The molecular formula is C16H18N2O2. The summed E-state index contributed by atoms with van der Waals surface area (Å²) in [5.74, 6) is 0.188. The number of hydrogen-bond acceptors (Lipinski definition) is 3. The van der Waals surface area contributed by atoms with Crippen molar-refractivity contribution in [2.45, 2.75) is 20.5 Å². The maximum Gasteiger partial charge on any atom is 0.249 e. The van der Waals surface area contributed by atoms with E-state index >= 15 is 0 Å². The molecule has 0 aromatic heterocycles. The lowest BCUT2D eigenvalue weighted by Gasteiger charge is -2.14. The minimum Gasteiger partial charge on any atom is -0.486 e. The molecule has 4 nitrogen and oxygen atoms in total. The van der Waals surface area contributed by atoms with Crippen molar-refractivity contribution in [1.82, 2.24) is 0 Å². The fraction of sp³-hybridized carbons (Fsp3) is 0.188. The summed E-state index contributed by atoms with van der Waals surface area (Å²) >= 11 is 0. The van der Waals surface area contributed by atoms with Gasteiger partial charge in [0.25, 0.3) is 0 Å². The van der Waals surface area contributed by atoms with Gasteiger partial charge in [-0.1, -0.05) is 24.3 Å². The summed E-state index contributed by atoms with van der Waals surface area (Å²) in [7, 11) is 0. The molecule has 2 aromatic carbocycles. The normalized spacial score (nSPS) is 10.3. The van der Waals surface area contributed by atoms with E-state index in [9.17, 15) is 4.79 Å². The molecule has 1 amide bonds. The topological polar surface area (TPSA) is 78.3 Å². The zero-order valence-corrected chi connectivity index (χ0v) is 11.6. The van der Waals surface area contributed by atoms with E-state index in [0.29, 0.717) is 17.0 Å². The summed E-state index contributed by atoms with van der Waals surface area (Å²) in [4.78, 5) is 11.4. The highest BCUT2D eigenvalue weighted by Crippen LogP contribution is 2.28. The maximum absolute atomic E-state index is 11.4. The third kappa shape index (κ3) is 2.91. The van der Waals surface area contributed by atoms with E-state index in [2.05, 4.69) is 0 Å². The molecule has 0 fully saturated rings. The van der Waals surface area contributed by atoms with Crippen LogP contribution in [0.3, 0.4) is 0 Å². The molecule has 2 aromatic rings. The van der Waals surface area contributed by atoms with E-state index in [0.717, 1.165) is 16.7 Å². The van der Waals surface area contributed by atoms with E-state index in [1.54, 1.807) is 12.1 Å². The first-order chi connectivity index (χ1) is 9.49. The van der Waals surface area contributed by atoms with E-state index in [-0.39, 0.29) is 6.61 Å². The summed E-state index contributed by atoms with van der Waals surface area (Å²) in [6, 6.07) is 11.0. The summed E-state index contributed by atoms with van der Waals surface area (Å²) in [5.41, 5.74) is 15.2. The molecule has 0 spiro atoms. The summed E-state index contributed by atoms with van der Waals surface area (Å²) in [6.45, 7) is 4.18. The van der Waals surface area contributed by atoms with Gasteiger partial charge in [-0.25, -0.2) is 0 Å². The highest BCUT2D eigenvalue weighted by molar-refractivity contribution is 5.94. The Morgan fingerprint density at radius 2 is 1.90 bits per heavy atom. The quantitative estimate of drug-likeness (QED) is 0.838. The number of nitrogen functional groups attached to an aromatic ring is 1. The molecule has 0 saturated heterocycles. The lowest BCUT2D eigenvalue weighted by atomic mass is 10.1. The smallest absolute Gasteiger partial charge is 0.249 e. The fourth-order valence-electron chi connectivity index (χ4n) is 2.22. The number of primary amides is 1. The molecule has 0 radical (unpaired) electrons. The van der Waals surface area contributed by atoms with Crippen LogP contribution in [0.25, 0.3) is 0 Å². The first kappa shape index (κ1) is 13.9. The van der Waals surface area contributed by atoms with Gasteiger partial charge in [0.2, 0.25) is 5.91 Å². The second-order valence-corrected chi connectivity index (χ2v) is 4.81. The van der Waals surface area contributed by atoms with Gasteiger partial charge in [0.15, 0.2) is 0 Å². The number of rotatable bonds is 4. The van der Waals surface area contributed by atoms with Crippen LogP contribution in [-0.4, -0.2) is 5.91 Å². The standard InChI is InChI=1S/C16H18N2O2/c1-10-7-11(2)15(14(17)8-10)20-9-12-5-3-4-6-13(12)16(18)19/h3-8H,9,17H2,1-2H3,(H2,18,19). The minimum atomic E-state index is -0.460. The second-order valence-electron chi connectivity index (χ2n) is 4.81. The lowest BCUT2D eigenvalue weighted by Crippen LogP contribution is -2.14. The lowest BCUT2D eigenvalue weighted by molar-refractivity contribution is 0.0998. The van der Waals surface area contributed by atoms with Crippen LogP contribution in [0.1, 0.15) is 27.0 Å². The highest BCUT2D eigenvalue weighted by Gasteiger charge is 2.10. The largest absolute Gasteiger partial charge is 0.486 e. The number of ether oxygens (including phenoxy) is 1. The Labute approximate surface area is 118 Å². The predicted octanol–water partition coefficient (Wildman–Crippen LogP) is 2.56. The van der Waals surface area contributed by atoms with Crippen LogP contribution in [0.2, 0.25) is 0 Å². The average Bonchev–Trinajstić information content (AvgIpc) is 2.37. The third-order valence-electron chi connectivity index (χ3n) is 3.10. The van der Waals surface area contributed by atoms with Crippen molar-refractivity contribution in [2.24, 2.45) is 5.73 Å². The molecule has 4 heteroatoms. The van der Waals surface area contributed by atoms with Gasteiger partial charge < -0.3 is 16.2 Å². The SMILES string of the molecule is Cc1cc(C)c(OCc2ccccc2C(N)=O)c(N)c1. The van der Waals surface area contributed by atoms with Crippen molar-refractivity contribution in [2.75, 3.05) is 5.73 Å². The number of amides is 1. The Hall–Kier alpha value is -2.49. The summed E-state index contributed by atoms with van der Waals surface area (Å²) < 4.78 is 5.77. The molecule has 20 heavy (non-hydrogen) atoms. The van der Waals surface area contributed by atoms with Crippen LogP contribution in [0.15, 0.2) is 36.4 Å². The zero-order chi connectivity index (χ0) is 14.7. The number of nitrogens with two attached hydrogens (primary N) is 2. The number of aryl methyl sites for hydroxylation is 2. The van der Waals surface area contributed by atoms with Crippen molar-refractivity contribution < 1.29 is 9.53 Å². The van der Waals surface area contributed by atoms with Gasteiger partial charge in [0.05, 0.1) is 5.69 Å². The Kier molecular flexibility index (Phi) is 3.94. The molecule has 104 valence electrons. The van der Waals surface area contributed by atoms with E-state index in [1.165, 1.54) is 0 Å². The Morgan fingerprint density at radius 1 is 1.20 bits per heavy atom. The molecule has 0 heterocycles. The fourth-order valence-corrected chi connectivity index (χ4v) is 2.22. The van der Waals surface area contributed by atoms with Crippen molar-refractivity contribution in [3.05, 3.63) is 58.7 Å². The number of benzene rings is 2. The average molecular weight is 270 g/mol. The van der Waals surface area contributed by atoms with Crippen molar-refractivity contribution in [3.8, 4) is 5.75 Å². The van der Waals surface area contributed by atoms with Crippen LogP contribution in [0.4, 0.5) is 5.69 Å². The summed E-state index contributed by atoms with van der Waals surface area (Å²) in [6.07, 6.45) is 0. The summed E-state index contributed by atoms with van der Waals surface area (Å²) in [5, 5.41) is 0. The predicted molar refractivity (Wildman–Crippen MR) is 79.6 cm³/mol. The zero-order valence-electron chi connectivity index (χ0n) is 11.6. The van der Waals surface area contributed by atoms with Crippen molar-refractivity contribution in [3.63, 3.8) is 0 Å². The number of carbonyl (C=O) groups is 1. The van der Waals surface area contributed by atoms with Gasteiger partial charge in [-0.2, -0.15) is 0 Å². The van der Waals surface area contributed by atoms with Gasteiger partial charge in [-0.05, 0) is 37.1 Å². The Bertz CT molecular complexity index is 628. The molecule has 0 aliphatic carbocycles. The van der Waals surface area contributed by atoms with E-state index < -0.39 is 5.91 Å². The first-order valence-corrected chi connectivity index (χ1v) is 6.36. The Morgan fingerprint density at radius 3 is 2.55 bits per heavy atom. The van der Waals surface area contributed by atoms with Gasteiger partial charge in [0, 0.05) is 11.1 Å². The van der Waals surface area contributed by atoms with Crippen LogP contribution in [0, 0.1) is 13.8 Å². The second kappa shape index (κ2) is 5.65. The Balaban J connectivity index is 2.24. The van der Waals surface area contributed by atoms with Gasteiger partial charge in [-0.15, -0.1) is 0 Å². The molecule has 0 bridgehead atoms. The van der Waals surface area contributed by atoms with E-state index in [4.69, 9.17) is 16.2 Å². The molecule has 2 rings (SSSR count). The van der Waals surface area contributed by atoms with Crippen molar-refractivity contribution >= 4 is 11.6 Å². The van der Waals surface area contributed by atoms with Crippen LogP contribution >= 0.6 is 0 Å². The molecular weight excluding hydrogens is 252 g/mol. The number of anilines is 1. The van der Waals surface area contributed by atoms with E-state index in [1.807, 2.05) is 38.1 Å². The third-order valence-corrected chi connectivity index (χ3v) is 3.10. The number of carbonyl (C=O) groups excluding carboxylic acids is 1. The molecule has 0 aliphatic heterocycles. The molecule has 0 unspecified atom stereocenters. The molecule has 4 N–H and O–H groups in total. The molecule has 0 atom stereocenters. The molecule has 0 saturated carbocycles. The first-order valence-electron chi connectivity index (χ1n) is 6.36. The van der Waals surface area contributed by atoms with Crippen LogP contribution in [-0.2, 0) is 6.61 Å². The monoisotopic (exact) mass is 270 g/mol. The van der Waals surface area contributed by atoms with Gasteiger partial charge >= 0.3 is 0 Å². The van der Waals surface area contributed by atoms with Crippen molar-refractivity contribution in [1.29, 1.82) is 0 Å². The minimum absolute atomic E-state index is 0.257. The van der Waals surface area contributed by atoms with Gasteiger partial charge in [0.1, 0.15) is 12.4 Å². The maximum atomic E-state index is 11.4. The van der Waals surface area contributed by atoms with Crippen LogP contribution in [0.5, 0.6) is 5.75 Å². The highest BCUT2D eigenvalue weighted by atomic mass is 16.5. The number of hydrogen-bond donors (Lipinski definition) is 2.